The molecule has 0 heterocycles. The first kappa shape index (κ1) is 42.2. The van der Waals surface area contributed by atoms with Gasteiger partial charge in [-0.05, 0) is 0 Å². The van der Waals surface area contributed by atoms with Crippen molar-refractivity contribution in [1.82, 2.24) is 0 Å². The Morgan fingerprint density at radius 3 is 0.927 bits per heavy atom. The van der Waals surface area contributed by atoms with Crippen molar-refractivity contribution in [3.63, 3.8) is 0 Å². The Bertz CT molecular complexity index is 538. The van der Waals surface area contributed by atoms with Crippen LogP contribution in [0.2, 0.25) is 18.9 Å². The monoisotopic (exact) mass is 680 g/mol. The molecule has 1 rings (SSSR count). The molecule has 0 saturated heterocycles. The van der Waals surface area contributed by atoms with Crippen LogP contribution in [0.4, 0.5) is 0 Å². The Labute approximate surface area is 280 Å². The first-order chi connectivity index (χ1) is 20.2. The van der Waals surface area contributed by atoms with Crippen LogP contribution in [-0.4, -0.2) is 18.2 Å². The standard InChI is InChI=1S/4C8H17.C6H5.BrH.Mg.Ti/c4*1-3-5-7-8-6-4-2;1-2-4-6-5-3-1;;;/h4*1,3-8H2,2H3;1-5H;1H;;/q;;;;;;+1;/p-1. The topological polar surface area (TPSA) is 0 Å². The Morgan fingerprint density at radius 1 is 0.415 bits per heavy atom. The molecule has 0 atom stereocenters. The zero-order chi connectivity index (χ0) is 30.1. The van der Waals surface area contributed by atoms with E-state index in [1.165, 1.54) is 132 Å². The average molecular weight is 682 g/mol. The summed E-state index contributed by atoms with van der Waals surface area (Å²) in [5.41, 5.74) is 0. The number of benzene rings is 1. The van der Waals surface area contributed by atoms with Crippen molar-refractivity contribution in [3.05, 3.63) is 30.3 Å². The fraction of sp³-hybridized carbons (Fsp3) is 0.842. The molecule has 0 aliphatic carbocycles. The zero-order valence-corrected chi connectivity index (χ0v) is 33.3. The van der Waals surface area contributed by atoms with Crippen molar-refractivity contribution < 1.29 is 16.6 Å². The molecule has 41 heavy (non-hydrogen) atoms. The maximum atomic E-state index is 3.50. The Hall–Kier alpha value is 1.18. The fourth-order valence-corrected chi connectivity index (χ4v) is 16.6. The van der Waals surface area contributed by atoms with E-state index < -0.39 is 16.6 Å². The molecule has 0 aliphatic rings. The van der Waals surface area contributed by atoms with Crippen LogP contribution in [0.25, 0.3) is 0 Å². The quantitative estimate of drug-likeness (QED) is 0.0583. The summed E-state index contributed by atoms with van der Waals surface area (Å²) in [4.78, 5) is 0. The normalized spacial score (nSPS) is 11.2. The van der Waals surface area contributed by atoms with Gasteiger partial charge in [-0.3, -0.25) is 12.9 Å². The van der Waals surface area contributed by atoms with E-state index in [0.29, 0.717) is 0 Å². The fourth-order valence-electron chi connectivity index (χ4n) is 6.44. The first-order valence-electron chi connectivity index (χ1n) is 18.8. The molecule has 1 aromatic carbocycles. The Morgan fingerprint density at radius 2 is 0.683 bits per heavy atom. The van der Waals surface area contributed by atoms with Gasteiger partial charge in [0.15, 0.2) is 0 Å². The number of rotatable bonds is 29. The van der Waals surface area contributed by atoms with Crippen molar-refractivity contribution >= 4 is 34.8 Å². The second-order valence-corrected chi connectivity index (χ2v) is 23.8. The van der Waals surface area contributed by atoms with Crippen LogP contribution in [0.15, 0.2) is 30.3 Å². The smallest absolute Gasteiger partial charge is 0.296 e. The van der Waals surface area contributed by atoms with Gasteiger partial charge < -0.3 is 0 Å². The molecule has 3 heteroatoms. The second-order valence-electron chi connectivity index (χ2n) is 13.2. The van der Waals surface area contributed by atoms with E-state index in [2.05, 4.69) is 64.8 Å². The summed E-state index contributed by atoms with van der Waals surface area (Å²) in [5, 5.41) is 0. The maximum Gasteiger partial charge on any atom is 0.506 e. The molecule has 0 N–H and O–H groups in total. The van der Waals surface area contributed by atoms with Gasteiger partial charge in [0.05, 0.1) is 0 Å². The molecular formula is C38H73BrMgTi. The Kier molecular flexibility index (Phi) is 35.0. The first-order valence-corrected chi connectivity index (χ1v) is 27.8. The Balaban J connectivity index is 0.00000170. The molecular weight excluding hydrogens is 608 g/mol. The SMILES string of the molecule is CCCCCCC[CH2][Ti]([CH2]CCCCCCC)([CH2]CCCCCCC)[CH2]CCCCCCC.[Br][Mg][c]1ccccc1. The summed E-state index contributed by atoms with van der Waals surface area (Å²) < 4.78 is 8.37. The van der Waals surface area contributed by atoms with Crippen molar-refractivity contribution in [3.8, 4) is 0 Å². The van der Waals surface area contributed by atoms with Crippen molar-refractivity contribution in [2.75, 3.05) is 0 Å². The summed E-state index contributed by atoms with van der Waals surface area (Å²) >= 11 is 1.72. The van der Waals surface area contributed by atoms with Crippen LogP contribution in [0.1, 0.15) is 182 Å². The molecule has 1 aromatic rings. The van der Waals surface area contributed by atoms with Crippen LogP contribution in [-0.2, 0) is 16.6 Å². The molecule has 0 saturated carbocycles. The number of unbranched alkanes of at least 4 members (excludes halogenated alkanes) is 20. The minimum Gasteiger partial charge on any atom is -0.296 e. The van der Waals surface area contributed by atoms with Gasteiger partial charge in [0, 0.05) is 0 Å². The molecule has 0 radical (unpaired) electrons. The van der Waals surface area contributed by atoms with E-state index in [9.17, 15) is 0 Å². The van der Waals surface area contributed by atoms with Gasteiger partial charge >= 0.3 is 235 Å². The van der Waals surface area contributed by atoms with Crippen LogP contribution in [0, 0.1) is 0 Å². The molecule has 0 nitrogen and oxygen atoms in total. The van der Waals surface area contributed by atoms with E-state index in [0.717, 1.165) is 0 Å². The number of hydrogen-bond acceptors (Lipinski definition) is 0. The molecule has 0 bridgehead atoms. The van der Waals surface area contributed by atoms with E-state index >= 15 is 0 Å². The number of hydrogen-bond donors (Lipinski definition) is 0. The molecule has 238 valence electrons. The predicted molar refractivity (Wildman–Crippen MR) is 193 cm³/mol. The van der Waals surface area contributed by atoms with Crippen LogP contribution >= 0.6 is 12.9 Å². The van der Waals surface area contributed by atoms with Crippen molar-refractivity contribution in [2.24, 2.45) is 0 Å². The van der Waals surface area contributed by atoms with Crippen LogP contribution in [0.3, 0.4) is 0 Å². The van der Waals surface area contributed by atoms with E-state index in [1.807, 2.05) is 6.07 Å². The molecule has 0 unspecified atom stereocenters. The molecule has 0 aromatic heterocycles. The van der Waals surface area contributed by atoms with Gasteiger partial charge in [-0.25, -0.2) is 0 Å². The third kappa shape index (κ3) is 28.4. The van der Waals surface area contributed by atoms with E-state index in [-0.39, 0.29) is 18.2 Å². The second kappa shape index (κ2) is 34.1. The van der Waals surface area contributed by atoms with Crippen LogP contribution < -0.4 is 3.69 Å². The van der Waals surface area contributed by atoms with Crippen LogP contribution in [0.5, 0.6) is 0 Å². The van der Waals surface area contributed by atoms with E-state index in [4.69, 9.17) is 0 Å². The average Bonchev–Trinajstić information content (AvgIpc) is 3.01. The minimum absolute atomic E-state index is 0.0962. The maximum absolute atomic E-state index is 3.50. The molecule has 0 amide bonds. The van der Waals surface area contributed by atoms with E-state index in [1.54, 1.807) is 44.6 Å². The minimum atomic E-state index is -1.68. The number of halogens is 1. The van der Waals surface area contributed by atoms with Gasteiger partial charge in [0.2, 0.25) is 0 Å². The molecule has 0 aliphatic heterocycles. The molecule has 0 fully saturated rings. The van der Waals surface area contributed by atoms with Gasteiger partial charge in [0.1, 0.15) is 0 Å². The van der Waals surface area contributed by atoms with Crippen molar-refractivity contribution in [2.45, 2.75) is 201 Å². The van der Waals surface area contributed by atoms with Gasteiger partial charge in [0.25, 0.3) is 0 Å². The largest absolute Gasteiger partial charge is 0.506 e. The summed E-state index contributed by atoms with van der Waals surface area (Å²) in [7, 11) is 0. The zero-order valence-electron chi connectivity index (χ0n) is 28.8. The summed E-state index contributed by atoms with van der Waals surface area (Å²) in [5.74, 6) is 0. The predicted octanol–water partition coefficient (Wildman–Crippen LogP) is 14.6. The molecule has 0 spiro atoms. The summed E-state index contributed by atoms with van der Waals surface area (Å²) in [6.07, 6.45) is 35.9. The third-order valence-corrected chi connectivity index (χ3v) is 20.8. The summed E-state index contributed by atoms with van der Waals surface area (Å²) in [6, 6.07) is 10.5. The third-order valence-electron chi connectivity index (χ3n) is 9.24. The van der Waals surface area contributed by atoms with Gasteiger partial charge in [-0.1, -0.05) is 30.3 Å². The van der Waals surface area contributed by atoms with Crippen molar-refractivity contribution in [1.29, 1.82) is 0 Å². The summed E-state index contributed by atoms with van der Waals surface area (Å²) in [6.45, 7) is 9.40. The van der Waals surface area contributed by atoms with Gasteiger partial charge in [-0.2, -0.15) is 3.69 Å². The van der Waals surface area contributed by atoms with Gasteiger partial charge in [-0.15, -0.1) is 0 Å².